The molecule has 174 valence electrons. The number of hydrogen-bond acceptors (Lipinski definition) is 7. The largest absolute Gasteiger partial charge is 0.345 e. The van der Waals surface area contributed by atoms with Crippen LogP contribution in [0.1, 0.15) is 21.7 Å². The van der Waals surface area contributed by atoms with E-state index < -0.39 is 0 Å². The van der Waals surface area contributed by atoms with E-state index in [0.717, 1.165) is 11.3 Å². The molecule has 0 aliphatic heterocycles. The second kappa shape index (κ2) is 11.0. The molecule has 0 aliphatic rings. The Kier molecular flexibility index (Phi) is 7.84. The van der Waals surface area contributed by atoms with Crippen LogP contribution in [0, 0.1) is 6.92 Å². The molecule has 0 saturated heterocycles. The van der Waals surface area contributed by atoms with E-state index in [4.69, 9.17) is 23.2 Å². The highest BCUT2D eigenvalue weighted by Crippen LogP contribution is 2.24. The molecule has 2 aromatic carbocycles. The van der Waals surface area contributed by atoms with Crippen LogP contribution in [0.3, 0.4) is 0 Å². The van der Waals surface area contributed by atoms with Crippen LogP contribution in [0.5, 0.6) is 0 Å². The van der Waals surface area contributed by atoms with E-state index in [2.05, 4.69) is 25.8 Å². The molecule has 34 heavy (non-hydrogen) atoms. The van der Waals surface area contributed by atoms with Gasteiger partial charge in [-0.1, -0.05) is 47.1 Å². The van der Waals surface area contributed by atoms with Crippen LogP contribution >= 0.6 is 46.3 Å². The molecule has 0 spiro atoms. The maximum atomic E-state index is 12.7. The predicted molar refractivity (Wildman–Crippen MR) is 135 cm³/mol. The summed E-state index contributed by atoms with van der Waals surface area (Å²) < 4.78 is 1.82. The Labute approximate surface area is 213 Å². The molecule has 0 saturated carbocycles. The van der Waals surface area contributed by atoms with Crippen LogP contribution < -0.4 is 10.6 Å². The van der Waals surface area contributed by atoms with Gasteiger partial charge in [0.25, 0.3) is 5.91 Å². The Hall–Kier alpha value is -2.92. The van der Waals surface area contributed by atoms with Gasteiger partial charge in [-0.05, 0) is 42.8 Å². The number of halogens is 2. The molecule has 0 atom stereocenters. The molecule has 8 nitrogen and oxygen atoms in total. The van der Waals surface area contributed by atoms with Gasteiger partial charge >= 0.3 is 0 Å². The zero-order chi connectivity index (χ0) is 24.1. The molecule has 2 amide bonds. The summed E-state index contributed by atoms with van der Waals surface area (Å²) in [4.78, 5) is 29.0. The minimum atomic E-state index is -0.363. The van der Waals surface area contributed by atoms with Gasteiger partial charge in [0.2, 0.25) is 5.91 Å². The van der Waals surface area contributed by atoms with Gasteiger partial charge in [-0.25, -0.2) is 4.98 Å². The summed E-state index contributed by atoms with van der Waals surface area (Å²) in [5, 5.41) is 17.6. The van der Waals surface area contributed by atoms with Crippen LogP contribution in [-0.4, -0.2) is 37.3 Å². The summed E-state index contributed by atoms with van der Waals surface area (Å²) >= 11 is 14.7. The molecule has 2 aromatic heterocycles. The molecule has 2 N–H and O–H groups in total. The number of aromatic nitrogens is 4. The molecule has 2 heterocycles. The minimum Gasteiger partial charge on any atom is -0.345 e. The maximum Gasteiger partial charge on any atom is 0.253 e. The molecule has 0 aliphatic carbocycles. The Balaban J connectivity index is 1.53. The molecule has 0 unspecified atom stereocenters. The summed E-state index contributed by atoms with van der Waals surface area (Å²) in [5.74, 6) is 0.0614. The van der Waals surface area contributed by atoms with Gasteiger partial charge in [-0.3, -0.25) is 14.2 Å². The van der Waals surface area contributed by atoms with Gasteiger partial charge in [0.15, 0.2) is 16.1 Å². The predicted octanol–water partition coefficient (Wildman–Crippen LogP) is 5.00. The number of benzene rings is 2. The van der Waals surface area contributed by atoms with Gasteiger partial charge in [0.05, 0.1) is 22.9 Å². The van der Waals surface area contributed by atoms with Crippen LogP contribution in [0.4, 0.5) is 5.13 Å². The third-order valence-electron chi connectivity index (χ3n) is 4.55. The Morgan fingerprint density at radius 3 is 2.74 bits per heavy atom. The number of aryl methyl sites for hydroxylation is 1. The summed E-state index contributed by atoms with van der Waals surface area (Å²) in [6.45, 7) is 2.08. The fourth-order valence-corrected chi connectivity index (χ4v) is 4.84. The topological polar surface area (TPSA) is 102 Å². The highest BCUT2D eigenvalue weighted by atomic mass is 35.5. The first-order valence-electron chi connectivity index (χ1n) is 9.97. The highest BCUT2D eigenvalue weighted by Gasteiger charge is 2.18. The number of nitrogens with one attached hydrogen (secondary N) is 2. The van der Waals surface area contributed by atoms with Crippen molar-refractivity contribution < 1.29 is 9.59 Å². The Morgan fingerprint density at radius 1 is 1.15 bits per heavy atom. The first kappa shape index (κ1) is 24.2. The number of rotatable bonds is 8. The summed E-state index contributed by atoms with van der Waals surface area (Å²) in [6.07, 6.45) is 1.62. The smallest absolute Gasteiger partial charge is 0.253 e. The lowest BCUT2D eigenvalue weighted by Crippen LogP contribution is -2.25. The van der Waals surface area contributed by atoms with E-state index in [1.54, 1.807) is 23.7 Å². The number of carbonyl (C=O) groups is 2. The van der Waals surface area contributed by atoms with Gasteiger partial charge in [-0.15, -0.1) is 21.5 Å². The zero-order valence-electron chi connectivity index (χ0n) is 17.8. The van der Waals surface area contributed by atoms with Crippen LogP contribution in [-0.2, 0) is 11.3 Å². The first-order valence-corrected chi connectivity index (χ1v) is 12.6. The summed E-state index contributed by atoms with van der Waals surface area (Å²) in [6, 6.07) is 12.5. The van der Waals surface area contributed by atoms with Crippen molar-refractivity contribution in [2.45, 2.75) is 18.6 Å². The number of thioether (sulfide) groups is 1. The SMILES string of the molecule is Cc1cccc(-n2c(CNC(=O)c3ccc(Cl)cc3Cl)nnc2SCC(=O)Nc2nccs2)c1. The van der Waals surface area contributed by atoms with E-state index in [9.17, 15) is 9.59 Å². The summed E-state index contributed by atoms with van der Waals surface area (Å²) in [5.41, 5.74) is 2.18. The van der Waals surface area contributed by atoms with Gasteiger partial charge in [-0.2, -0.15) is 0 Å². The average molecular weight is 533 g/mol. The lowest BCUT2D eigenvalue weighted by atomic mass is 10.2. The van der Waals surface area contributed by atoms with Gasteiger partial charge < -0.3 is 10.6 Å². The second-order valence-electron chi connectivity index (χ2n) is 7.05. The molecular weight excluding hydrogens is 515 g/mol. The van der Waals surface area contributed by atoms with Crippen molar-refractivity contribution in [3.63, 3.8) is 0 Å². The van der Waals surface area contributed by atoms with E-state index in [1.807, 2.05) is 35.8 Å². The van der Waals surface area contributed by atoms with E-state index >= 15 is 0 Å². The van der Waals surface area contributed by atoms with Gasteiger partial charge in [0.1, 0.15) is 0 Å². The fourth-order valence-electron chi connectivity index (χ4n) is 3.03. The Bertz CT molecular complexity index is 1330. The summed E-state index contributed by atoms with van der Waals surface area (Å²) in [7, 11) is 0. The average Bonchev–Trinajstić information content (AvgIpc) is 3.45. The van der Waals surface area contributed by atoms with E-state index in [1.165, 1.54) is 29.2 Å². The minimum absolute atomic E-state index is 0.102. The van der Waals surface area contributed by atoms with Gasteiger partial charge in [0, 0.05) is 22.3 Å². The normalized spacial score (nSPS) is 10.8. The van der Waals surface area contributed by atoms with E-state index in [0.29, 0.717) is 26.7 Å². The van der Waals surface area contributed by atoms with Crippen molar-refractivity contribution in [3.05, 3.63) is 81.0 Å². The lowest BCUT2D eigenvalue weighted by Gasteiger charge is -2.12. The van der Waals surface area contributed by atoms with Crippen molar-refractivity contribution in [2.24, 2.45) is 0 Å². The zero-order valence-corrected chi connectivity index (χ0v) is 20.9. The van der Waals surface area contributed by atoms with Crippen molar-refractivity contribution in [3.8, 4) is 5.69 Å². The molecule has 4 rings (SSSR count). The number of nitrogens with zero attached hydrogens (tertiary/aromatic N) is 4. The third-order valence-corrected chi connectivity index (χ3v) is 6.72. The molecule has 0 bridgehead atoms. The maximum absolute atomic E-state index is 12.7. The van der Waals surface area contributed by atoms with Crippen molar-refractivity contribution in [1.82, 2.24) is 25.1 Å². The number of carbonyl (C=O) groups excluding carboxylic acids is 2. The number of hydrogen-bond donors (Lipinski definition) is 2. The molecular formula is C22H18Cl2N6O2S2. The molecule has 0 radical (unpaired) electrons. The van der Waals surface area contributed by atoms with E-state index in [-0.39, 0.29) is 29.1 Å². The molecule has 12 heteroatoms. The number of anilines is 1. The quantitative estimate of drug-likeness (QED) is 0.309. The van der Waals surface area contributed by atoms with Crippen molar-refractivity contribution in [1.29, 1.82) is 0 Å². The second-order valence-corrected chi connectivity index (χ2v) is 9.73. The third kappa shape index (κ3) is 5.95. The molecule has 4 aromatic rings. The standard InChI is InChI=1S/C22H18Cl2N6O2S2/c1-13-3-2-4-15(9-13)30-18(11-26-20(32)16-6-5-14(23)10-17(16)24)28-29-22(30)34-12-19(31)27-21-25-7-8-33-21/h2-10H,11-12H2,1H3,(H,26,32)(H,25,27,31). The highest BCUT2D eigenvalue weighted by molar-refractivity contribution is 7.99. The van der Waals surface area contributed by atoms with Crippen LogP contribution in [0.25, 0.3) is 5.69 Å². The fraction of sp³-hybridized carbons (Fsp3) is 0.136. The number of amides is 2. The van der Waals surface area contributed by atoms with Crippen LogP contribution in [0.15, 0.2) is 59.2 Å². The first-order chi connectivity index (χ1) is 16.4. The molecule has 0 fully saturated rings. The van der Waals surface area contributed by atoms with Crippen molar-refractivity contribution >= 4 is 63.2 Å². The lowest BCUT2D eigenvalue weighted by molar-refractivity contribution is -0.113. The monoisotopic (exact) mass is 532 g/mol. The number of thiazole rings is 1. The van der Waals surface area contributed by atoms with Crippen LogP contribution in [0.2, 0.25) is 10.0 Å². The Morgan fingerprint density at radius 2 is 2.00 bits per heavy atom. The van der Waals surface area contributed by atoms with Crippen molar-refractivity contribution in [2.75, 3.05) is 11.1 Å².